The Morgan fingerprint density at radius 2 is 0.821 bits per heavy atom. The van der Waals surface area contributed by atoms with Crippen LogP contribution in [0.2, 0.25) is 0 Å². The zero-order valence-electron chi connectivity index (χ0n) is 27.4. The number of unbranched alkanes of at least 4 members (excludes halogenated alkanes) is 21. The van der Waals surface area contributed by atoms with Gasteiger partial charge in [-0.05, 0) is 43.9 Å². The van der Waals surface area contributed by atoms with Gasteiger partial charge in [0, 0.05) is 10.8 Å². The highest BCUT2D eigenvalue weighted by molar-refractivity contribution is 7.98. The van der Waals surface area contributed by atoms with Crippen molar-refractivity contribution < 1.29 is 0 Å². The number of hydrogen-bond donors (Lipinski definition) is 2. The van der Waals surface area contributed by atoms with E-state index in [1.165, 1.54) is 186 Å². The summed E-state index contributed by atoms with van der Waals surface area (Å²) in [4.78, 5) is 0. The Morgan fingerprint density at radius 3 is 1.18 bits per heavy atom. The highest BCUT2D eigenvalue weighted by Gasteiger charge is 2.46. The van der Waals surface area contributed by atoms with Gasteiger partial charge in [0.1, 0.15) is 0 Å². The van der Waals surface area contributed by atoms with Crippen LogP contribution >= 0.6 is 11.9 Å². The molecule has 1 saturated carbocycles. The van der Waals surface area contributed by atoms with Crippen LogP contribution in [0.15, 0.2) is 0 Å². The van der Waals surface area contributed by atoms with Gasteiger partial charge in [0.2, 0.25) is 0 Å². The topological polar surface area (TPSA) is 52.0 Å². The standard InChI is InChI=1S/C36H74N2S/c1-4-7-10-13-16-19-22-25-28-35(29-26-23-20-17-14-11-8-5-2)31-34(37)32-36(33-35,39-38)30-27-24-21-18-15-12-9-6-3/h34H,4-33,37-38H2,1-3H3. The summed E-state index contributed by atoms with van der Waals surface area (Å²) in [5.41, 5.74) is 7.33. The molecular weight excluding hydrogens is 492 g/mol. The third-order valence-corrected chi connectivity index (χ3v) is 10.9. The monoisotopic (exact) mass is 567 g/mol. The van der Waals surface area contributed by atoms with E-state index >= 15 is 0 Å². The van der Waals surface area contributed by atoms with Gasteiger partial charge in [-0.15, -0.1) is 0 Å². The molecule has 2 unspecified atom stereocenters. The molecule has 0 aliphatic heterocycles. The molecule has 0 spiro atoms. The van der Waals surface area contributed by atoms with Crippen molar-refractivity contribution in [3.63, 3.8) is 0 Å². The van der Waals surface area contributed by atoms with E-state index in [0.29, 0.717) is 11.5 Å². The SMILES string of the molecule is CCCCCCCCCCC1(CCCCCCCCCC)CC(N)CC(CCCCCCCCCC)(SN)C1. The summed E-state index contributed by atoms with van der Waals surface area (Å²) < 4.78 is 0.222. The lowest BCUT2D eigenvalue weighted by atomic mass is 9.62. The summed E-state index contributed by atoms with van der Waals surface area (Å²) in [6.45, 7) is 6.94. The molecule has 0 bridgehead atoms. The minimum atomic E-state index is 0.222. The molecule has 1 rings (SSSR count). The summed E-state index contributed by atoms with van der Waals surface area (Å²) in [6, 6.07) is 0.340. The van der Waals surface area contributed by atoms with Crippen molar-refractivity contribution in [3.05, 3.63) is 0 Å². The second-order valence-corrected chi connectivity index (χ2v) is 14.9. The van der Waals surface area contributed by atoms with Crippen molar-refractivity contribution in [1.82, 2.24) is 0 Å². The fourth-order valence-corrected chi connectivity index (χ4v) is 8.59. The lowest BCUT2D eigenvalue weighted by molar-refractivity contribution is 0.102. The van der Waals surface area contributed by atoms with Crippen LogP contribution in [0.1, 0.15) is 213 Å². The summed E-state index contributed by atoms with van der Waals surface area (Å²) in [6.07, 6.45) is 41.6. The first kappa shape index (κ1) is 37.3. The minimum absolute atomic E-state index is 0.222. The minimum Gasteiger partial charge on any atom is -0.328 e. The van der Waals surface area contributed by atoms with Crippen LogP contribution in [-0.2, 0) is 0 Å². The maximum absolute atomic E-state index is 6.89. The van der Waals surface area contributed by atoms with Crippen LogP contribution < -0.4 is 10.9 Å². The molecule has 0 saturated heterocycles. The zero-order chi connectivity index (χ0) is 28.5. The van der Waals surface area contributed by atoms with Crippen molar-refractivity contribution in [2.75, 3.05) is 0 Å². The Bertz CT molecular complexity index is 504. The Morgan fingerprint density at radius 1 is 0.487 bits per heavy atom. The molecule has 3 heteroatoms. The van der Waals surface area contributed by atoms with E-state index in [1.54, 1.807) is 11.9 Å². The first-order valence-electron chi connectivity index (χ1n) is 18.2. The summed E-state index contributed by atoms with van der Waals surface area (Å²) in [7, 11) is 0. The van der Waals surface area contributed by atoms with E-state index in [9.17, 15) is 0 Å². The van der Waals surface area contributed by atoms with Crippen LogP contribution in [0, 0.1) is 5.41 Å². The molecule has 39 heavy (non-hydrogen) atoms. The number of hydrogen-bond acceptors (Lipinski definition) is 3. The van der Waals surface area contributed by atoms with Gasteiger partial charge in [-0.3, -0.25) is 5.14 Å². The molecule has 0 aromatic carbocycles. The molecule has 0 heterocycles. The first-order chi connectivity index (χ1) is 19.1. The van der Waals surface area contributed by atoms with E-state index in [-0.39, 0.29) is 4.75 Å². The molecule has 2 nitrogen and oxygen atoms in total. The van der Waals surface area contributed by atoms with Crippen molar-refractivity contribution in [1.29, 1.82) is 0 Å². The molecule has 0 aromatic heterocycles. The predicted molar refractivity (Wildman–Crippen MR) is 180 cm³/mol. The number of rotatable bonds is 28. The lowest BCUT2D eigenvalue weighted by Crippen LogP contribution is -2.49. The van der Waals surface area contributed by atoms with Crippen molar-refractivity contribution >= 4 is 11.9 Å². The molecule has 4 N–H and O–H groups in total. The van der Waals surface area contributed by atoms with E-state index in [4.69, 9.17) is 10.9 Å². The van der Waals surface area contributed by atoms with E-state index in [2.05, 4.69) is 20.8 Å². The van der Waals surface area contributed by atoms with Gasteiger partial charge in [0.25, 0.3) is 0 Å². The first-order valence-corrected chi connectivity index (χ1v) is 19.1. The molecule has 0 radical (unpaired) electrons. The third-order valence-electron chi connectivity index (χ3n) is 9.88. The Balaban J connectivity index is 2.61. The maximum Gasteiger partial charge on any atom is 0.0322 e. The molecule has 234 valence electrons. The Kier molecular flexibility index (Phi) is 23.7. The van der Waals surface area contributed by atoms with Crippen LogP contribution in [0.4, 0.5) is 0 Å². The van der Waals surface area contributed by atoms with E-state index in [1.807, 2.05) is 0 Å². The van der Waals surface area contributed by atoms with Gasteiger partial charge >= 0.3 is 0 Å². The molecule has 0 aromatic rings. The normalized spacial score (nSPS) is 21.0. The van der Waals surface area contributed by atoms with Crippen molar-refractivity contribution in [2.45, 2.75) is 224 Å². The number of nitrogens with two attached hydrogens (primary N) is 2. The lowest BCUT2D eigenvalue weighted by Gasteiger charge is -2.50. The molecule has 1 fully saturated rings. The fraction of sp³-hybridized carbons (Fsp3) is 1.00. The summed E-state index contributed by atoms with van der Waals surface area (Å²) in [5.74, 6) is 0. The average molecular weight is 567 g/mol. The quantitative estimate of drug-likeness (QED) is 0.0731. The summed E-state index contributed by atoms with van der Waals surface area (Å²) in [5, 5.41) is 6.55. The van der Waals surface area contributed by atoms with Gasteiger partial charge in [-0.25, -0.2) is 0 Å². The summed E-state index contributed by atoms with van der Waals surface area (Å²) >= 11 is 1.70. The smallest absolute Gasteiger partial charge is 0.0322 e. The maximum atomic E-state index is 6.89. The second-order valence-electron chi connectivity index (χ2n) is 13.8. The molecular formula is C36H74N2S. The predicted octanol–water partition coefficient (Wildman–Crippen LogP) is 12.4. The molecule has 0 amide bonds. The highest BCUT2D eigenvalue weighted by atomic mass is 32.2. The molecule has 2 atom stereocenters. The van der Waals surface area contributed by atoms with Crippen LogP contribution in [-0.4, -0.2) is 10.8 Å². The molecule has 1 aliphatic rings. The van der Waals surface area contributed by atoms with Gasteiger partial charge in [0.05, 0.1) is 0 Å². The fourth-order valence-electron chi connectivity index (χ4n) is 7.63. The van der Waals surface area contributed by atoms with Crippen LogP contribution in [0.25, 0.3) is 0 Å². The van der Waals surface area contributed by atoms with Gasteiger partial charge < -0.3 is 5.73 Å². The third kappa shape index (κ3) is 18.4. The van der Waals surface area contributed by atoms with Crippen molar-refractivity contribution in [2.24, 2.45) is 16.3 Å². The molecule has 1 aliphatic carbocycles. The van der Waals surface area contributed by atoms with E-state index in [0.717, 1.165) is 6.42 Å². The zero-order valence-corrected chi connectivity index (χ0v) is 28.2. The Hall–Kier alpha value is 0.270. The van der Waals surface area contributed by atoms with Gasteiger partial charge in [-0.1, -0.05) is 187 Å². The Labute approximate surface area is 251 Å². The van der Waals surface area contributed by atoms with Crippen molar-refractivity contribution in [3.8, 4) is 0 Å². The highest BCUT2D eigenvalue weighted by Crippen LogP contribution is 2.53. The second kappa shape index (κ2) is 24.8. The van der Waals surface area contributed by atoms with Gasteiger partial charge in [-0.2, -0.15) is 0 Å². The van der Waals surface area contributed by atoms with Crippen LogP contribution in [0.3, 0.4) is 0 Å². The largest absolute Gasteiger partial charge is 0.328 e. The van der Waals surface area contributed by atoms with E-state index < -0.39 is 0 Å². The average Bonchev–Trinajstić information content (AvgIpc) is 2.93. The van der Waals surface area contributed by atoms with Gasteiger partial charge in [0.15, 0.2) is 0 Å². The van der Waals surface area contributed by atoms with Crippen LogP contribution in [0.5, 0.6) is 0 Å².